The van der Waals surface area contributed by atoms with E-state index in [2.05, 4.69) is 14.7 Å². The van der Waals surface area contributed by atoms with Crippen molar-refractivity contribution in [2.24, 2.45) is 5.92 Å². The van der Waals surface area contributed by atoms with E-state index < -0.39 is 29.3 Å². The molecule has 0 bridgehead atoms. The van der Waals surface area contributed by atoms with Gasteiger partial charge in [0, 0.05) is 17.5 Å². The molecule has 1 atom stereocenters. The Labute approximate surface area is 267 Å². The fourth-order valence-corrected chi connectivity index (χ4v) is 5.05. The Morgan fingerprint density at radius 3 is 2.21 bits per heavy atom. The minimum Gasteiger partial charge on any atom is -0.493 e. The summed E-state index contributed by atoms with van der Waals surface area (Å²) in [6.07, 6.45) is 1.70. The number of H-pyrrole nitrogens is 1. The first kappa shape index (κ1) is 32.9. The van der Waals surface area contributed by atoms with Crippen molar-refractivity contribution in [2.75, 3.05) is 6.61 Å². The highest BCUT2D eigenvalue weighted by atomic mass is 19.4. The lowest BCUT2D eigenvalue weighted by atomic mass is 9.91. The Morgan fingerprint density at radius 2 is 1.57 bits per heavy atom. The summed E-state index contributed by atoms with van der Waals surface area (Å²) in [4.78, 5) is 25.1. The highest BCUT2D eigenvalue weighted by Crippen LogP contribution is 2.29. The molecule has 1 aromatic heterocycles. The van der Waals surface area contributed by atoms with Crippen molar-refractivity contribution < 1.29 is 36.7 Å². The molecule has 5 aromatic rings. The van der Waals surface area contributed by atoms with E-state index in [9.17, 15) is 32.3 Å². The van der Waals surface area contributed by atoms with Crippen LogP contribution in [0.25, 0.3) is 17.5 Å². The molecule has 2 N–H and O–H groups in total. The summed E-state index contributed by atoms with van der Waals surface area (Å²) >= 11 is 0. The van der Waals surface area contributed by atoms with Crippen molar-refractivity contribution in [1.29, 1.82) is 0 Å². The number of halogens is 4. The number of hydrogen-bond acceptors (Lipinski definition) is 5. The number of alkyl halides is 3. The number of hydrogen-bond donors (Lipinski definition) is 2. The number of benzene rings is 4. The third-order valence-corrected chi connectivity index (χ3v) is 7.62. The van der Waals surface area contributed by atoms with Gasteiger partial charge in [0.25, 0.3) is 0 Å². The average Bonchev–Trinajstić information content (AvgIpc) is 3.49. The summed E-state index contributed by atoms with van der Waals surface area (Å²) < 4.78 is 63.4. The number of ether oxygens (including phenoxy) is 1. The number of aromatic amines is 1. The maximum Gasteiger partial charge on any atom is 0.439 e. The summed E-state index contributed by atoms with van der Waals surface area (Å²) in [5.41, 5.74) is 3.32. The molecular formula is C36H30F4N2O5. The highest BCUT2D eigenvalue weighted by molar-refractivity contribution is 5.87. The van der Waals surface area contributed by atoms with Gasteiger partial charge in [-0.3, -0.25) is 9.51 Å². The van der Waals surface area contributed by atoms with E-state index in [-0.39, 0.29) is 18.1 Å². The molecule has 1 heterocycles. The predicted octanol–water partition coefficient (Wildman–Crippen LogP) is 8.01. The zero-order valence-electron chi connectivity index (χ0n) is 25.0. The van der Waals surface area contributed by atoms with Crippen LogP contribution in [-0.4, -0.2) is 27.8 Å². The van der Waals surface area contributed by atoms with Gasteiger partial charge in [0.05, 0.1) is 17.7 Å². The number of carboxylic acids is 1. The maximum absolute atomic E-state index is 14.3. The lowest BCUT2D eigenvalue weighted by Crippen LogP contribution is -2.06. The van der Waals surface area contributed by atoms with Crippen LogP contribution in [0.4, 0.5) is 17.6 Å². The zero-order valence-corrected chi connectivity index (χ0v) is 25.0. The van der Waals surface area contributed by atoms with Crippen molar-refractivity contribution in [2.45, 2.75) is 31.9 Å². The second kappa shape index (κ2) is 14.8. The minimum absolute atomic E-state index is 0.0273. The van der Waals surface area contributed by atoms with Crippen LogP contribution < -0.4 is 10.5 Å². The summed E-state index contributed by atoms with van der Waals surface area (Å²) in [5.74, 6) is -1.36. The van der Waals surface area contributed by atoms with Gasteiger partial charge in [-0.1, -0.05) is 65.8 Å². The van der Waals surface area contributed by atoms with Crippen LogP contribution in [0.1, 0.15) is 44.6 Å². The number of carboxylic acid groups (broad SMARTS) is 1. The number of rotatable bonds is 13. The minimum atomic E-state index is -4.41. The van der Waals surface area contributed by atoms with E-state index in [1.54, 1.807) is 30.3 Å². The molecule has 0 amide bonds. The topological polar surface area (TPSA) is 105 Å². The van der Waals surface area contributed by atoms with Crippen LogP contribution >= 0.6 is 0 Å². The van der Waals surface area contributed by atoms with Crippen molar-refractivity contribution >= 4 is 12.0 Å². The molecule has 11 heteroatoms. The first-order chi connectivity index (χ1) is 22.5. The molecule has 0 aliphatic heterocycles. The van der Waals surface area contributed by atoms with Crippen LogP contribution in [0.5, 0.6) is 5.75 Å². The van der Waals surface area contributed by atoms with E-state index >= 15 is 0 Å². The van der Waals surface area contributed by atoms with Gasteiger partial charge < -0.3 is 9.84 Å². The number of allylic oxidation sites excluding steroid dienone is 1. The van der Waals surface area contributed by atoms with Gasteiger partial charge in [0.1, 0.15) is 11.6 Å². The molecule has 0 aliphatic carbocycles. The molecule has 0 saturated heterocycles. The molecule has 0 saturated carbocycles. The lowest BCUT2D eigenvalue weighted by molar-refractivity contribution is -0.137. The standard InChI is InChI=1S/C36H30F4N2O5/c37-31-17-18-32(46-20-19-24-8-15-30(16-9-24)36(38,39)40)29(22-31)14-7-25(21-26-5-12-28(13-6-26)34(43)44)2-1-23-3-10-27(11-4-23)33-41-35(45)47-42-33/h3-18,22,25H,1-2,19-21H2,(H,43,44)(H,41,42,45)/b14-7+. The Hall–Kier alpha value is -5.45. The van der Waals surface area contributed by atoms with Crippen molar-refractivity contribution in [1.82, 2.24) is 10.1 Å². The lowest BCUT2D eigenvalue weighted by Gasteiger charge is -2.15. The number of aryl methyl sites for hydroxylation is 1. The zero-order chi connectivity index (χ0) is 33.4. The molecule has 47 heavy (non-hydrogen) atoms. The van der Waals surface area contributed by atoms with Gasteiger partial charge in [0.15, 0.2) is 5.82 Å². The average molecular weight is 647 g/mol. The van der Waals surface area contributed by atoms with E-state index in [0.717, 1.165) is 23.3 Å². The smallest absolute Gasteiger partial charge is 0.439 e. The van der Waals surface area contributed by atoms with Crippen LogP contribution in [-0.2, 0) is 25.4 Å². The summed E-state index contributed by atoms with van der Waals surface area (Å²) in [6.45, 7) is 0.176. The third kappa shape index (κ3) is 9.29. The van der Waals surface area contributed by atoms with Gasteiger partial charge in [-0.2, -0.15) is 13.2 Å². The second-order valence-electron chi connectivity index (χ2n) is 11.0. The highest BCUT2D eigenvalue weighted by Gasteiger charge is 2.29. The van der Waals surface area contributed by atoms with Gasteiger partial charge in [0.2, 0.25) is 0 Å². The van der Waals surface area contributed by atoms with Gasteiger partial charge >= 0.3 is 17.9 Å². The normalized spacial score (nSPS) is 12.3. The Kier molecular flexibility index (Phi) is 10.3. The molecule has 0 fully saturated rings. The van der Waals surface area contributed by atoms with E-state index in [4.69, 9.17) is 4.74 Å². The van der Waals surface area contributed by atoms with Crippen LogP contribution in [0, 0.1) is 11.7 Å². The largest absolute Gasteiger partial charge is 0.493 e. The van der Waals surface area contributed by atoms with Crippen molar-refractivity contribution in [3.63, 3.8) is 0 Å². The number of aromatic nitrogens is 2. The van der Waals surface area contributed by atoms with Crippen molar-refractivity contribution in [3.8, 4) is 17.1 Å². The molecule has 242 valence electrons. The molecule has 1 unspecified atom stereocenters. The Bertz CT molecular complexity index is 1880. The van der Waals surface area contributed by atoms with Gasteiger partial charge in [-0.25, -0.2) is 14.0 Å². The van der Waals surface area contributed by atoms with E-state index in [1.807, 2.05) is 30.3 Å². The monoisotopic (exact) mass is 646 g/mol. The fraction of sp³-hybridized carbons (Fsp3) is 0.194. The first-order valence-corrected chi connectivity index (χ1v) is 14.8. The predicted molar refractivity (Wildman–Crippen MR) is 168 cm³/mol. The molecule has 0 aliphatic rings. The van der Waals surface area contributed by atoms with E-state index in [0.29, 0.717) is 53.9 Å². The van der Waals surface area contributed by atoms with Gasteiger partial charge in [-0.15, -0.1) is 0 Å². The van der Waals surface area contributed by atoms with Crippen LogP contribution in [0.3, 0.4) is 0 Å². The summed E-state index contributed by atoms with van der Waals surface area (Å²) in [5, 5.41) is 13.0. The van der Waals surface area contributed by atoms with E-state index in [1.165, 1.54) is 30.3 Å². The van der Waals surface area contributed by atoms with Crippen LogP contribution in [0.2, 0.25) is 0 Å². The third-order valence-electron chi connectivity index (χ3n) is 7.62. The molecule has 4 aromatic carbocycles. The fourth-order valence-electron chi connectivity index (χ4n) is 5.05. The molecule has 5 rings (SSSR count). The number of nitrogens with one attached hydrogen (secondary N) is 1. The molecular weight excluding hydrogens is 616 g/mol. The molecule has 0 radical (unpaired) electrons. The second-order valence-corrected chi connectivity index (χ2v) is 11.0. The van der Waals surface area contributed by atoms with Crippen molar-refractivity contribution in [3.05, 3.63) is 147 Å². The summed E-state index contributed by atoms with van der Waals surface area (Å²) in [6, 6.07) is 23.2. The maximum atomic E-state index is 14.3. The number of nitrogens with zero attached hydrogens (tertiary/aromatic N) is 1. The quantitative estimate of drug-likeness (QED) is 0.126. The number of carbonyl (C=O) groups is 1. The molecule has 7 nitrogen and oxygen atoms in total. The number of aromatic carboxylic acids is 1. The Balaban J connectivity index is 1.29. The Morgan fingerprint density at radius 1 is 0.915 bits per heavy atom. The molecule has 0 spiro atoms. The first-order valence-electron chi connectivity index (χ1n) is 14.8. The van der Waals surface area contributed by atoms with Gasteiger partial charge in [-0.05, 0) is 84.3 Å². The SMILES string of the molecule is O=C(O)c1ccc(CC(/C=C/c2cc(F)ccc2OCCc2ccc(C(F)(F)F)cc2)CCc2ccc(-c3noc(=O)[nH]3)cc2)cc1. The summed E-state index contributed by atoms with van der Waals surface area (Å²) in [7, 11) is 0. The van der Waals surface area contributed by atoms with Crippen LogP contribution in [0.15, 0.2) is 106 Å².